The van der Waals surface area contributed by atoms with Crippen molar-refractivity contribution in [1.29, 1.82) is 0 Å². The fourth-order valence-electron chi connectivity index (χ4n) is 2.19. The average Bonchev–Trinajstić information content (AvgIpc) is 2.37. The van der Waals surface area contributed by atoms with Gasteiger partial charge in [-0.1, -0.05) is 0 Å². The lowest BCUT2D eigenvalue weighted by atomic mass is 10.1. The second kappa shape index (κ2) is 5.73. The summed E-state index contributed by atoms with van der Waals surface area (Å²) in [6, 6.07) is 3.91. The number of nitrogens with zero attached hydrogens (tertiary/aromatic N) is 1. The van der Waals surface area contributed by atoms with E-state index in [0.29, 0.717) is 29.2 Å². The topological polar surface area (TPSA) is 54.5 Å². The molecule has 0 aliphatic carbocycles. The van der Waals surface area contributed by atoms with Crippen molar-refractivity contribution >= 4 is 27.5 Å². The van der Waals surface area contributed by atoms with Crippen molar-refractivity contribution in [2.75, 3.05) is 24.3 Å². The number of rotatable bonds is 2. The van der Waals surface area contributed by atoms with Crippen molar-refractivity contribution in [2.45, 2.75) is 12.3 Å². The van der Waals surface area contributed by atoms with Crippen molar-refractivity contribution in [3.8, 4) is 0 Å². The van der Waals surface area contributed by atoms with Crippen LogP contribution in [0.5, 0.6) is 0 Å². The number of amides is 1. The van der Waals surface area contributed by atoms with Gasteiger partial charge in [0, 0.05) is 29.9 Å². The van der Waals surface area contributed by atoms with Crippen LogP contribution < -0.4 is 0 Å². The van der Waals surface area contributed by atoms with E-state index in [9.17, 15) is 17.6 Å². The predicted molar refractivity (Wildman–Crippen MR) is 78.1 cm³/mol. The van der Waals surface area contributed by atoms with Gasteiger partial charge in [-0.05, 0) is 30.7 Å². The van der Waals surface area contributed by atoms with E-state index in [0.717, 1.165) is 6.26 Å². The summed E-state index contributed by atoms with van der Waals surface area (Å²) in [5, 5.41) is -0.807. The minimum Gasteiger partial charge on any atom is -0.320 e. The van der Waals surface area contributed by atoms with Crippen molar-refractivity contribution in [3.05, 3.63) is 35.1 Å². The van der Waals surface area contributed by atoms with E-state index < -0.39 is 21.0 Å². The normalized spacial score (nSPS) is 19.9. The second-order valence-corrected chi connectivity index (χ2v) is 8.17. The van der Waals surface area contributed by atoms with Crippen LogP contribution in [0.25, 0.3) is 0 Å². The Labute approximate surface area is 122 Å². The summed E-state index contributed by atoms with van der Waals surface area (Å²) in [5.41, 5.74) is 0.868. The molecule has 1 atom stereocenters. The lowest BCUT2D eigenvalue weighted by Crippen LogP contribution is -2.50. The maximum absolute atomic E-state index is 13.1. The molecular weight excluding hydrogens is 301 g/mol. The number of halogens is 1. The van der Waals surface area contributed by atoms with E-state index in [1.165, 1.54) is 34.9 Å². The highest BCUT2D eigenvalue weighted by molar-refractivity contribution is 8.00. The zero-order valence-electron chi connectivity index (χ0n) is 11.3. The molecule has 2 rings (SSSR count). The number of carbonyl (C=O) groups excluding carboxylic acids is 1. The van der Waals surface area contributed by atoms with Gasteiger partial charge in [-0.25, -0.2) is 12.8 Å². The van der Waals surface area contributed by atoms with Crippen molar-refractivity contribution in [3.63, 3.8) is 0 Å². The largest absolute Gasteiger partial charge is 0.320 e. The van der Waals surface area contributed by atoms with E-state index in [1.807, 2.05) is 0 Å². The van der Waals surface area contributed by atoms with Crippen molar-refractivity contribution in [2.24, 2.45) is 0 Å². The first-order valence-corrected chi connectivity index (χ1v) is 9.25. The molecule has 1 unspecified atom stereocenters. The van der Waals surface area contributed by atoms with Crippen LogP contribution in [0, 0.1) is 12.7 Å². The maximum atomic E-state index is 13.1. The highest BCUT2D eigenvalue weighted by Crippen LogP contribution is 2.23. The molecule has 1 aromatic rings. The molecule has 4 nitrogen and oxygen atoms in total. The molecule has 0 bridgehead atoms. The number of hydrogen-bond acceptors (Lipinski definition) is 4. The van der Waals surface area contributed by atoms with Gasteiger partial charge in [-0.15, -0.1) is 0 Å². The molecule has 1 heterocycles. The molecule has 0 aromatic heterocycles. The summed E-state index contributed by atoms with van der Waals surface area (Å²) in [6.45, 7) is 2.03. The van der Waals surface area contributed by atoms with Gasteiger partial charge >= 0.3 is 0 Å². The Morgan fingerprint density at radius 3 is 2.75 bits per heavy atom. The van der Waals surface area contributed by atoms with Gasteiger partial charge in [0.25, 0.3) is 5.91 Å². The van der Waals surface area contributed by atoms with Gasteiger partial charge in [0.15, 0.2) is 9.84 Å². The SMILES string of the molecule is Cc1cc(F)ccc1C(=O)N1CCSCC1S(C)(=O)=O. The number of sulfone groups is 1. The summed E-state index contributed by atoms with van der Waals surface area (Å²) in [5.74, 6) is 0.328. The molecule has 1 saturated heterocycles. The summed E-state index contributed by atoms with van der Waals surface area (Å²) in [6.07, 6.45) is 1.14. The Balaban J connectivity index is 2.35. The minimum atomic E-state index is -3.34. The summed E-state index contributed by atoms with van der Waals surface area (Å²) < 4.78 is 36.7. The van der Waals surface area contributed by atoms with Gasteiger partial charge in [0.05, 0.1) is 0 Å². The van der Waals surface area contributed by atoms with Gasteiger partial charge in [0.2, 0.25) is 0 Å². The first-order chi connectivity index (χ1) is 9.30. The molecule has 1 aromatic carbocycles. The maximum Gasteiger partial charge on any atom is 0.255 e. The molecule has 1 amide bonds. The van der Waals surface area contributed by atoms with Crippen molar-refractivity contribution in [1.82, 2.24) is 4.90 Å². The van der Waals surface area contributed by atoms with Crippen molar-refractivity contribution < 1.29 is 17.6 Å². The molecule has 1 aliphatic rings. The monoisotopic (exact) mass is 317 g/mol. The van der Waals surface area contributed by atoms with Crippen LogP contribution in [0.1, 0.15) is 15.9 Å². The molecule has 0 spiro atoms. The summed E-state index contributed by atoms with van der Waals surface area (Å²) in [4.78, 5) is 13.9. The Morgan fingerprint density at radius 2 is 2.15 bits per heavy atom. The molecule has 0 radical (unpaired) electrons. The lowest BCUT2D eigenvalue weighted by molar-refractivity contribution is 0.0749. The third kappa shape index (κ3) is 3.15. The smallest absolute Gasteiger partial charge is 0.255 e. The van der Waals surface area contributed by atoms with Gasteiger partial charge < -0.3 is 4.90 Å². The number of benzene rings is 1. The van der Waals surface area contributed by atoms with Crippen LogP contribution >= 0.6 is 11.8 Å². The van der Waals surface area contributed by atoms with Gasteiger partial charge in [-0.2, -0.15) is 11.8 Å². The third-order valence-corrected chi connectivity index (χ3v) is 5.90. The van der Waals surface area contributed by atoms with E-state index in [1.54, 1.807) is 6.92 Å². The van der Waals surface area contributed by atoms with Crippen LogP contribution in [-0.4, -0.2) is 48.9 Å². The standard InChI is InChI=1S/C13H16FNO3S2/c1-9-7-10(14)3-4-11(9)13(16)15-5-6-19-8-12(15)20(2,17)18/h3-4,7,12H,5-6,8H2,1-2H3. The second-order valence-electron chi connectivity index (χ2n) is 4.82. The fourth-order valence-corrected chi connectivity index (χ4v) is 5.00. The predicted octanol–water partition coefficient (Wildman–Crippen LogP) is 1.69. The van der Waals surface area contributed by atoms with Crippen LogP contribution in [0.4, 0.5) is 4.39 Å². The van der Waals surface area contributed by atoms with Gasteiger partial charge in [-0.3, -0.25) is 4.79 Å². The first-order valence-electron chi connectivity index (χ1n) is 6.14. The average molecular weight is 317 g/mol. The Hall–Kier alpha value is -1.08. The zero-order valence-corrected chi connectivity index (χ0v) is 12.9. The number of aryl methyl sites for hydroxylation is 1. The van der Waals surface area contributed by atoms with Crippen LogP contribution in [0.3, 0.4) is 0 Å². The third-order valence-electron chi connectivity index (χ3n) is 3.26. The van der Waals surface area contributed by atoms with E-state index in [-0.39, 0.29) is 5.91 Å². The molecule has 7 heteroatoms. The van der Waals surface area contributed by atoms with Crippen LogP contribution in [-0.2, 0) is 9.84 Å². The fraction of sp³-hybridized carbons (Fsp3) is 0.462. The molecule has 0 N–H and O–H groups in total. The number of carbonyl (C=O) groups is 1. The summed E-state index contributed by atoms with van der Waals surface area (Å²) >= 11 is 1.52. The Kier molecular flexibility index (Phi) is 4.39. The zero-order chi connectivity index (χ0) is 14.9. The molecule has 110 valence electrons. The Morgan fingerprint density at radius 1 is 1.45 bits per heavy atom. The Bertz CT molecular complexity index is 631. The highest BCUT2D eigenvalue weighted by Gasteiger charge is 2.34. The van der Waals surface area contributed by atoms with E-state index in [4.69, 9.17) is 0 Å². The summed E-state index contributed by atoms with van der Waals surface area (Å²) in [7, 11) is -3.34. The van der Waals surface area contributed by atoms with E-state index in [2.05, 4.69) is 0 Å². The quantitative estimate of drug-likeness (QED) is 0.833. The number of thioether (sulfide) groups is 1. The number of hydrogen-bond donors (Lipinski definition) is 0. The minimum absolute atomic E-state index is 0.349. The van der Waals surface area contributed by atoms with E-state index >= 15 is 0 Å². The van der Waals surface area contributed by atoms with Gasteiger partial charge in [0.1, 0.15) is 11.2 Å². The molecule has 1 fully saturated rings. The van der Waals surface area contributed by atoms with Crippen LogP contribution in [0.15, 0.2) is 18.2 Å². The first kappa shape index (κ1) is 15.3. The highest BCUT2D eigenvalue weighted by atomic mass is 32.2. The van der Waals surface area contributed by atoms with Crippen LogP contribution in [0.2, 0.25) is 0 Å². The lowest BCUT2D eigenvalue weighted by Gasteiger charge is -2.34. The molecular formula is C13H16FNO3S2. The molecule has 0 saturated carbocycles. The molecule has 20 heavy (non-hydrogen) atoms. The molecule has 1 aliphatic heterocycles.